The molecule has 2 fully saturated rings. The molecule has 0 aromatic rings. The molecule has 5 heteroatoms. The van der Waals surface area contributed by atoms with Gasteiger partial charge in [0.05, 0.1) is 13.2 Å². The maximum Gasteiger partial charge on any atom is 0.222 e. The lowest BCUT2D eigenvalue weighted by Gasteiger charge is -2.30. The molecule has 0 bridgehead atoms. The van der Waals surface area contributed by atoms with Crippen LogP contribution in [0, 0.1) is 0 Å². The lowest BCUT2D eigenvalue weighted by atomic mass is 9.94. The van der Waals surface area contributed by atoms with Crippen LogP contribution in [0.1, 0.15) is 39.0 Å². The molecule has 0 spiro atoms. The summed E-state index contributed by atoms with van der Waals surface area (Å²) in [6.45, 7) is 6.47. The summed E-state index contributed by atoms with van der Waals surface area (Å²) < 4.78 is 5.32. The molecule has 1 unspecified atom stereocenters. The highest BCUT2D eigenvalue weighted by Crippen LogP contribution is 2.29. The third-order valence-corrected chi connectivity index (χ3v) is 4.16. The average molecular weight is 269 g/mol. The van der Waals surface area contributed by atoms with E-state index in [-0.39, 0.29) is 17.5 Å². The van der Waals surface area contributed by atoms with Crippen LogP contribution >= 0.6 is 0 Å². The number of ether oxygens (including phenoxy) is 1. The molecule has 1 amide bonds. The van der Waals surface area contributed by atoms with Gasteiger partial charge in [0.15, 0.2) is 0 Å². The van der Waals surface area contributed by atoms with Gasteiger partial charge in [0.1, 0.15) is 0 Å². The van der Waals surface area contributed by atoms with Crippen LogP contribution in [0.25, 0.3) is 0 Å². The molecule has 19 heavy (non-hydrogen) atoms. The second-order valence-electron chi connectivity index (χ2n) is 6.13. The van der Waals surface area contributed by atoms with Crippen LogP contribution < -0.4 is 11.1 Å². The largest absolute Gasteiger partial charge is 0.379 e. The minimum Gasteiger partial charge on any atom is -0.379 e. The number of nitrogens with one attached hydrogen (secondary N) is 1. The molecule has 1 saturated heterocycles. The van der Waals surface area contributed by atoms with Crippen molar-refractivity contribution in [2.24, 2.45) is 5.73 Å². The Morgan fingerprint density at radius 3 is 2.63 bits per heavy atom. The lowest BCUT2D eigenvalue weighted by Crippen LogP contribution is -2.48. The number of nitrogens with two attached hydrogens (primary N) is 1. The SMILES string of the molecule is CC(CN1CCOCC1)NC(=O)CC1(N)CCCC1. The number of morpholine rings is 1. The highest BCUT2D eigenvalue weighted by atomic mass is 16.5. The van der Waals surface area contributed by atoms with E-state index in [9.17, 15) is 4.79 Å². The van der Waals surface area contributed by atoms with E-state index in [1.807, 2.05) is 0 Å². The Balaban J connectivity index is 1.69. The summed E-state index contributed by atoms with van der Waals surface area (Å²) >= 11 is 0. The van der Waals surface area contributed by atoms with Gasteiger partial charge in [0, 0.05) is 37.6 Å². The van der Waals surface area contributed by atoms with Gasteiger partial charge in [-0.25, -0.2) is 0 Å². The van der Waals surface area contributed by atoms with Gasteiger partial charge < -0.3 is 15.8 Å². The summed E-state index contributed by atoms with van der Waals surface area (Å²) in [6.07, 6.45) is 4.76. The van der Waals surface area contributed by atoms with Crippen molar-refractivity contribution >= 4 is 5.91 Å². The lowest BCUT2D eigenvalue weighted by molar-refractivity contribution is -0.123. The number of carbonyl (C=O) groups is 1. The molecular formula is C14H27N3O2. The Morgan fingerprint density at radius 1 is 1.37 bits per heavy atom. The van der Waals surface area contributed by atoms with E-state index in [1.165, 1.54) is 0 Å². The van der Waals surface area contributed by atoms with Crippen molar-refractivity contribution in [2.45, 2.75) is 50.6 Å². The van der Waals surface area contributed by atoms with Crippen LogP contribution in [0.4, 0.5) is 0 Å². The fourth-order valence-electron chi connectivity index (χ4n) is 3.12. The van der Waals surface area contributed by atoms with Crippen molar-refractivity contribution in [3.05, 3.63) is 0 Å². The van der Waals surface area contributed by atoms with Crippen molar-refractivity contribution in [3.8, 4) is 0 Å². The minimum absolute atomic E-state index is 0.102. The highest BCUT2D eigenvalue weighted by Gasteiger charge is 2.32. The molecule has 1 heterocycles. The van der Waals surface area contributed by atoms with Crippen molar-refractivity contribution in [1.29, 1.82) is 0 Å². The molecular weight excluding hydrogens is 242 g/mol. The van der Waals surface area contributed by atoms with E-state index in [4.69, 9.17) is 10.5 Å². The molecule has 1 aliphatic carbocycles. The minimum atomic E-state index is -0.247. The van der Waals surface area contributed by atoms with E-state index in [0.29, 0.717) is 6.42 Å². The normalized spacial score (nSPS) is 25.2. The van der Waals surface area contributed by atoms with Gasteiger partial charge >= 0.3 is 0 Å². The molecule has 1 saturated carbocycles. The smallest absolute Gasteiger partial charge is 0.222 e. The van der Waals surface area contributed by atoms with Crippen LogP contribution in [-0.2, 0) is 9.53 Å². The molecule has 5 nitrogen and oxygen atoms in total. The van der Waals surface area contributed by atoms with Crippen LogP contribution in [0.15, 0.2) is 0 Å². The number of amides is 1. The predicted octanol–water partition coefficient (Wildman–Crippen LogP) is 0.485. The second kappa shape index (κ2) is 6.68. The maximum atomic E-state index is 12.0. The molecule has 0 aromatic heterocycles. The first-order valence-electron chi connectivity index (χ1n) is 7.46. The number of hydrogen-bond acceptors (Lipinski definition) is 4. The zero-order valence-corrected chi connectivity index (χ0v) is 12.0. The molecule has 0 aromatic carbocycles. The third kappa shape index (κ3) is 4.75. The van der Waals surface area contributed by atoms with Gasteiger partial charge in [-0.05, 0) is 19.8 Å². The Morgan fingerprint density at radius 2 is 2.00 bits per heavy atom. The number of rotatable bonds is 5. The van der Waals surface area contributed by atoms with E-state index in [1.54, 1.807) is 0 Å². The standard InChI is InChI=1S/C14H27N3O2/c1-12(11-17-6-8-19-9-7-17)16-13(18)10-14(15)4-2-3-5-14/h12H,2-11,15H2,1H3,(H,16,18). The molecule has 3 N–H and O–H groups in total. The van der Waals surface area contributed by atoms with Gasteiger partial charge in [-0.3, -0.25) is 9.69 Å². The summed E-state index contributed by atoms with van der Waals surface area (Å²) in [4.78, 5) is 14.4. The van der Waals surface area contributed by atoms with Crippen LogP contribution in [0.5, 0.6) is 0 Å². The highest BCUT2D eigenvalue weighted by molar-refractivity contribution is 5.77. The van der Waals surface area contributed by atoms with Crippen molar-refractivity contribution in [2.75, 3.05) is 32.8 Å². The number of nitrogens with zero attached hydrogens (tertiary/aromatic N) is 1. The topological polar surface area (TPSA) is 67.6 Å². The van der Waals surface area contributed by atoms with Gasteiger partial charge in [0.2, 0.25) is 5.91 Å². The number of hydrogen-bond donors (Lipinski definition) is 2. The van der Waals surface area contributed by atoms with Gasteiger partial charge in [0.25, 0.3) is 0 Å². The summed E-state index contributed by atoms with van der Waals surface area (Å²) in [5, 5.41) is 3.08. The third-order valence-electron chi connectivity index (χ3n) is 4.16. The number of carbonyl (C=O) groups excluding carboxylic acids is 1. The van der Waals surface area contributed by atoms with Crippen molar-refractivity contribution < 1.29 is 9.53 Å². The molecule has 0 radical (unpaired) electrons. The van der Waals surface area contributed by atoms with E-state index < -0.39 is 0 Å². The molecule has 2 rings (SSSR count). The first-order valence-corrected chi connectivity index (χ1v) is 7.46. The Kier molecular flexibility index (Phi) is 5.19. The second-order valence-corrected chi connectivity index (χ2v) is 6.13. The van der Waals surface area contributed by atoms with Gasteiger partial charge in [-0.1, -0.05) is 12.8 Å². The van der Waals surface area contributed by atoms with Crippen LogP contribution in [0.2, 0.25) is 0 Å². The monoisotopic (exact) mass is 269 g/mol. The van der Waals surface area contributed by atoms with Gasteiger partial charge in [-0.2, -0.15) is 0 Å². The van der Waals surface area contributed by atoms with E-state index >= 15 is 0 Å². The quantitative estimate of drug-likeness (QED) is 0.762. The van der Waals surface area contributed by atoms with Crippen LogP contribution in [-0.4, -0.2) is 55.2 Å². The van der Waals surface area contributed by atoms with E-state index in [0.717, 1.165) is 58.5 Å². The van der Waals surface area contributed by atoms with Crippen LogP contribution in [0.3, 0.4) is 0 Å². The summed E-state index contributed by atoms with van der Waals surface area (Å²) in [6, 6.07) is 0.176. The molecule has 1 atom stereocenters. The van der Waals surface area contributed by atoms with Crippen molar-refractivity contribution in [1.82, 2.24) is 10.2 Å². The molecule has 110 valence electrons. The first-order chi connectivity index (χ1) is 9.07. The Bertz CT molecular complexity index is 297. The molecule has 1 aliphatic heterocycles. The van der Waals surface area contributed by atoms with Gasteiger partial charge in [-0.15, -0.1) is 0 Å². The van der Waals surface area contributed by atoms with E-state index in [2.05, 4.69) is 17.1 Å². The fourth-order valence-corrected chi connectivity index (χ4v) is 3.12. The summed E-state index contributed by atoms with van der Waals surface area (Å²) in [5.41, 5.74) is 5.98. The molecule has 2 aliphatic rings. The average Bonchev–Trinajstić information content (AvgIpc) is 2.76. The summed E-state index contributed by atoms with van der Waals surface area (Å²) in [7, 11) is 0. The predicted molar refractivity (Wildman–Crippen MR) is 74.9 cm³/mol. The fraction of sp³-hybridized carbons (Fsp3) is 0.929. The van der Waals surface area contributed by atoms with Crippen molar-refractivity contribution in [3.63, 3.8) is 0 Å². The zero-order valence-electron chi connectivity index (χ0n) is 12.0. The zero-order chi connectivity index (χ0) is 13.7. The maximum absolute atomic E-state index is 12.0. The first kappa shape index (κ1) is 14.8. The summed E-state index contributed by atoms with van der Waals surface area (Å²) in [5.74, 6) is 0.102. The Hall–Kier alpha value is -0.650. The Labute approximate surface area is 115 Å².